The lowest BCUT2D eigenvalue weighted by molar-refractivity contribution is 0.640. The molecule has 1 fully saturated rings. The monoisotopic (exact) mass is 246 g/mol. The molecule has 1 aromatic rings. The normalized spacial score (nSPS) is 20.9. The second-order valence-electron chi connectivity index (χ2n) is 5.53. The number of anilines is 1. The zero-order chi connectivity index (χ0) is 12.4. The second-order valence-corrected chi connectivity index (χ2v) is 5.53. The van der Waals surface area contributed by atoms with Crippen molar-refractivity contribution in [2.45, 2.75) is 51.0 Å². The van der Waals surface area contributed by atoms with Gasteiger partial charge in [-0.1, -0.05) is 6.42 Å². The Morgan fingerprint density at radius 1 is 1.22 bits per heavy atom. The number of hydrogen-bond donors (Lipinski definition) is 2. The molecular formula is C14H22N4. The third-order valence-corrected chi connectivity index (χ3v) is 4.14. The van der Waals surface area contributed by atoms with Gasteiger partial charge in [-0.2, -0.15) is 0 Å². The van der Waals surface area contributed by atoms with Crippen LogP contribution in [0.3, 0.4) is 0 Å². The van der Waals surface area contributed by atoms with Crippen LogP contribution in [0.2, 0.25) is 0 Å². The van der Waals surface area contributed by atoms with Crippen LogP contribution in [0.4, 0.5) is 5.82 Å². The van der Waals surface area contributed by atoms with E-state index in [0.29, 0.717) is 12.6 Å². The highest BCUT2D eigenvalue weighted by atomic mass is 15.1. The first-order valence-electron chi connectivity index (χ1n) is 7.18. The average molecular weight is 246 g/mol. The van der Waals surface area contributed by atoms with Crippen LogP contribution in [0.25, 0.3) is 0 Å². The number of aryl methyl sites for hydroxylation is 1. The van der Waals surface area contributed by atoms with E-state index < -0.39 is 0 Å². The molecule has 0 amide bonds. The highest BCUT2D eigenvalue weighted by Gasteiger charge is 2.31. The maximum Gasteiger partial charge on any atom is 0.133 e. The molecule has 0 aliphatic heterocycles. The molecule has 1 saturated carbocycles. The van der Waals surface area contributed by atoms with Gasteiger partial charge in [0.25, 0.3) is 0 Å². The Morgan fingerprint density at radius 3 is 2.83 bits per heavy atom. The molecule has 0 aromatic carbocycles. The summed E-state index contributed by atoms with van der Waals surface area (Å²) < 4.78 is 0. The summed E-state index contributed by atoms with van der Waals surface area (Å²) in [6, 6.07) is 0.396. The molecule has 4 nitrogen and oxygen atoms in total. The van der Waals surface area contributed by atoms with Crippen molar-refractivity contribution in [3.05, 3.63) is 17.6 Å². The fourth-order valence-electron chi connectivity index (χ4n) is 2.87. The van der Waals surface area contributed by atoms with Crippen molar-refractivity contribution in [1.29, 1.82) is 0 Å². The van der Waals surface area contributed by atoms with Crippen LogP contribution in [0.1, 0.15) is 43.4 Å². The van der Waals surface area contributed by atoms with E-state index in [9.17, 15) is 0 Å². The SMILES string of the molecule is NCC(Nc1ncnc2c1CCCCC2)C1CC1. The molecule has 1 heterocycles. The third kappa shape index (κ3) is 2.48. The molecule has 3 rings (SSSR count). The van der Waals surface area contributed by atoms with Crippen LogP contribution in [-0.4, -0.2) is 22.6 Å². The number of nitrogens with zero attached hydrogens (tertiary/aromatic N) is 2. The first kappa shape index (κ1) is 11.9. The maximum atomic E-state index is 5.86. The van der Waals surface area contributed by atoms with Crippen molar-refractivity contribution < 1.29 is 0 Å². The van der Waals surface area contributed by atoms with Gasteiger partial charge in [0.2, 0.25) is 0 Å². The minimum absolute atomic E-state index is 0.396. The summed E-state index contributed by atoms with van der Waals surface area (Å²) in [5.74, 6) is 1.80. The Bertz CT molecular complexity index is 414. The van der Waals surface area contributed by atoms with Crippen LogP contribution >= 0.6 is 0 Å². The topological polar surface area (TPSA) is 63.8 Å². The number of hydrogen-bond acceptors (Lipinski definition) is 4. The standard InChI is InChI=1S/C14H22N4/c15-8-13(10-6-7-10)18-14-11-4-2-1-3-5-12(11)16-9-17-14/h9-10,13H,1-8,15H2,(H,16,17,18). The molecule has 0 radical (unpaired) electrons. The maximum absolute atomic E-state index is 5.86. The van der Waals surface area contributed by atoms with Crippen molar-refractivity contribution in [2.75, 3.05) is 11.9 Å². The van der Waals surface area contributed by atoms with Crippen LogP contribution in [0, 0.1) is 5.92 Å². The summed E-state index contributed by atoms with van der Waals surface area (Å²) in [5.41, 5.74) is 8.45. The van der Waals surface area contributed by atoms with Crippen molar-refractivity contribution >= 4 is 5.82 Å². The van der Waals surface area contributed by atoms with Gasteiger partial charge >= 0.3 is 0 Å². The zero-order valence-corrected chi connectivity index (χ0v) is 10.9. The van der Waals surface area contributed by atoms with Crippen molar-refractivity contribution in [1.82, 2.24) is 9.97 Å². The van der Waals surface area contributed by atoms with Gasteiger partial charge in [-0.15, -0.1) is 0 Å². The van der Waals surface area contributed by atoms with Crippen molar-refractivity contribution in [3.8, 4) is 0 Å². The molecule has 98 valence electrons. The van der Waals surface area contributed by atoms with Gasteiger partial charge in [-0.3, -0.25) is 0 Å². The fourth-order valence-corrected chi connectivity index (χ4v) is 2.87. The Kier molecular flexibility index (Phi) is 3.46. The Hall–Kier alpha value is -1.16. The van der Waals surface area contributed by atoms with Crippen molar-refractivity contribution in [3.63, 3.8) is 0 Å². The van der Waals surface area contributed by atoms with Gasteiger partial charge in [0.15, 0.2) is 0 Å². The van der Waals surface area contributed by atoms with Gasteiger partial charge in [0.1, 0.15) is 12.1 Å². The molecule has 0 spiro atoms. The summed E-state index contributed by atoms with van der Waals surface area (Å²) in [4.78, 5) is 8.90. The molecule has 1 aromatic heterocycles. The number of nitrogens with one attached hydrogen (secondary N) is 1. The predicted octanol–water partition coefficient (Wildman–Crippen LogP) is 1.89. The summed E-state index contributed by atoms with van der Waals surface area (Å²) in [6.45, 7) is 0.698. The lowest BCUT2D eigenvalue weighted by Crippen LogP contribution is -2.31. The third-order valence-electron chi connectivity index (χ3n) is 4.14. The van der Waals surface area contributed by atoms with E-state index in [1.165, 1.54) is 43.4 Å². The molecule has 3 N–H and O–H groups in total. The molecule has 4 heteroatoms. The Labute approximate surface area is 108 Å². The number of aromatic nitrogens is 2. The molecular weight excluding hydrogens is 224 g/mol. The minimum Gasteiger partial charge on any atom is -0.365 e. The summed E-state index contributed by atoms with van der Waals surface area (Å²) >= 11 is 0. The van der Waals surface area contributed by atoms with E-state index in [4.69, 9.17) is 5.73 Å². The summed E-state index contributed by atoms with van der Waals surface area (Å²) in [5, 5.41) is 3.57. The molecule has 0 saturated heterocycles. The quantitative estimate of drug-likeness (QED) is 0.796. The Morgan fingerprint density at radius 2 is 2.06 bits per heavy atom. The van der Waals surface area contributed by atoms with Crippen molar-refractivity contribution in [2.24, 2.45) is 11.7 Å². The Balaban J connectivity index is 1.82. The number of rotatable bonds is 4. The van der Waals surface area contributed by atoms with E-state index in [1.54, 1.807) is 6.33 Å². The average Bonchev–Trinajstić information content (AvgIpc) is 3.22. The number of fused-ring (bicyclic) bond motifs is 1. The van der Waals surface area contributed by atoms with Gasteiger partial charge in [-0.05, 0) is 44.4 Å². The lowest BCUT2D eigenvalue weighted by atomic mass is 10.1. The van der Waals surface area contributed by atoms with E-state index in [1.807, 2.05) is 0 Å². The highest BCUT2D eigenvalue weighted by Crippen LogP contribution is 2.34. The summed E-state index contributed by atoms with van der Waals surface area (Å²) in [6.07, 6.45) is 10.3. The van der Waals surface area contributed by atoms with E-state index in [-0.39, 0.29) is 0 Å². The largest absolute Gasteiger partial charge is 0.365 e. The number of nitrogens with two attached hydrogens (primary N) is 1. The summed E-state index contributed by atoms with van der Waals surface area (Å²) in [7, 11) is 0. The smallest absolute Gasteiger partial charge is 0.133 e. The molecule has 1 atom stereocenters. The van der Waals surface area contributed by atoms with E-state index >= 15 is 0 Å². The van der Waals surface area contributed by atoms with Crippen LogP contribution in [-0.2, 0) is 12.8 Å². The molecule has 2 aliphatic rings. The van der Waals surface area contributed by atoms with Crippen LogP contribution in [0.15, 0.2) is 6.33 Å². The first-order chi connectivity index (χ1) is 8.88. The van der Waals surface area contributed by atoms with Gasteiger partial charge in [0.05, 0.1) is 0 Å². The molecule has 1 unspecified atom stereocenters. The fraction of sp³-hybridized carbons (Fsp3) is 0.714. The molecule has 2 aliphatic carbocycles. The van der Waals surface area contributed by atoms with Crippen LogP contribution in [0.5, 0.6) is 0 Å². The van der Waals surface area contributed by atoms with Gasteiger partial charge in [0, 0.05) is 23.8 Å². The second kappa shape index (κ2) is 5.22. The van der Waals surface area contributed by atoms with Crippen LogP contribution < -0.4 is 11.1 Å². The van der Waals surface area contributed by atoms with Gasteiger partial charge in [-0.25, -0.2) is 9.97 Å². The molecule has 0 bridgehead atoms. The minimum atomic E-state index is 0.396. The lowest BCUT2D eigenvalue weighted by Gasteiger charge is -2.19. The predicted molar refractivity (Wildman–Crippen MR) is 72.5 cm³/mol. The van der Waals surface area contributed by atoms with E-state index in [2.05, 4.69) is 15.3 Å². The zero-order valence-electron chi connectivity index (χ0n) is 10.9. The van der Waals surface area contributed by atoms with E-state index in [0.717, 1.165) is 24.6 Å². The van der Waals surface area contributed by atoms with Gasteiger partial charge < -0.3 is 11.1 Å². The highest BCUT2D eigenvalue weighted by molar-refractivity contribution is 5.47. The first-order valence-corrected chi connectivity index (χ1v) is 7.18. The molecule has 18 heavy (non-hydrogen) atoms.